The molecule has 1 aromatic carbocycles. The van der Waals surface area contributed by atoms with Crippen molar-refractivity contribution in [3.05, 3.63) is 47.5 Å². The van der Waals surface area contributed by atoms with Gasteiger partial charge in [-0.05, 0) is 38.8 Å². The Hall–Kier alpha value is -2.21. The first-order valence-corrected chi connectivity index (χ1v) is 9.07. The zero-order chi connectivity index (χ0) is 17.6. The van der Waals surface area contributed by atoms with Crippen LogP contribution in [-0.4, -0.2) is 44.7 Å². The Bertz CT molecular complexity index is 697. The molecule has 1 fully saturated rings. The standard InChI is InChI=1S/C19H27N5O/c1-15-21-16(2)24(22-15)13-11-20-19(25)18-10-6-7-12-23(18)14-17-8-4-3-5-9-17/h3-5,8-9,18H,6-7,10-14H2,1-2H3,(H,20,25)/t18-/m1/s1. The van der Waals surface area contributed by atoms with Crippen molar-refractivity contribution in [3.63, 3.8) is 0 Å². The molecular formula is C19H27N5O. The quantitative estimate of drug-likeness (QED) is 0.874. The summed E-state index contributed by atoms with van der Waals surface area (Å²) >= 11 is 0. The number of benzene rings is 1. The minimum absolute atomic E-state index is 0.0347. The third kappa shape index (κ3) is 4.66. The Labute approximate surface area is 149 Å². The van der Waals surface area contributed by atoms with Crippen molar-refractivity contribution in [3.8, 4) is 0 Å². The second kappa shape index (κ2) is 8.25. The molecule has 0 radical (unpaired) electrons. The van der Waals surface area contributed by atoms with Crippen molar-refractivity contribution < 1.29 is 4.79 Å². The van der Waals surface area contributed by atoms with E-state index in [-0.39, 0.29) is 11.9 Å². The van der Waals surface area contributed by atoms with Gasteiger partial charge < -0.3 is 5.32 Å². The van der Waals surface area contributed by atoms with Gasteiger partial charge in [0.25, 0.3) is 0 Å². The minimum Gasteiger partial charge on any atom is -0.353 e. The first kappa shape index (κ1) is 17.6. The fourth-order valence-corrected chi connectivity index (χ4v) is 3.47. The number of piperidine rings is 1. The third-order valence-corrected chi connectivity index (χ3v) is 4.73. The maximum Gasteiger partial charge on any atom is 0.237 e. The number of carbonyl (C=O) groups excluding carboxylic acids is 1. The lowest BCUT2D eigenvalue weighted by Gasteiger charge is -2.34. The van der Waals surface area contributed by atoms with Crippen LogP contribution in [0.1, 0.15) is 36.5 Å². The van der Waals surface area contributed by atoms with Gasteiger partial charge in [0, 0.05) is 13.1 Å². The summed E-state index contributed by atoms with van der Waals surface area (Å²) in [5, 5.41) is 7.42. The topological polar surface area (TPSA) is 63.1 Å². The van der Waals surface area contributed by atoms with E-state index < -0.39 is 0 Å². The summed E-state index contributed by atoms with van der Waals surface area (Å²) < 4.78 is 1.85. The number of likely N-dealkylation sites (tertiary alicyclic amines) is 1. The molecule has 1 atom stereocenters. The van der Waals surface area contributed by atoms with Gasteiger partial charge in [0.1, 0.15) is 11.6 Å². The lowest BCUT2D eigenvalue weighted by Crippen LogP contribution is -2.49. The normalized spacial score (nSPS) is 18.2. The average molecular weight is 341 g/mol. The van der Waals surface area contributed by atoms with Gasteiger partial charge in [-0.25, -0.2) is 9.67 Å². The number of rotatable bonds is 6. The summed E-state index contributed by atoms with van der Waals surface area (Å²) in [4.78, 5) is 19.3. The van der Waals surface area contributed by atoms with Gasteiger partial charge in [-0.15, -0.1) is 0 Å². The molecule has 25 heavy (non-hydrogen) atoms. The molecule has 6 heteroatoms. The van der Waals surface area contributed by atoms with Gasteiger partial charge in [0.2, 0.25) is 5.91 Å². The molecule has 6 nitrogen and oxygen atoms in total. The zero-order valence-electron chi connectivity index (χ0n) is 15.1. The number of aromatic nitrogens is 3. The molecule has 3 rings (SSSR count). The predicted molar refractivity (Wildman–Crippen MR) is 97.0 cm³/mol. The number of aryl methyl sites for hydroxylation is 2. The van der Waals surface area contributed by atoms with Crippen molar-refractivity contribution in [2.24, 2.45) is 0 Å². The van der Waals surface area contributed by atoms with E-state index >= 15 is 0 Å². The first-order chi connectivity index (χ1) is 12.1. The summed E-state index contributed by atoms with van der Waals surface area (Å²) in [6.45, 7) is 6.87. The van der Waals surface area contributed by atoms with Crippen LogP contribution in [-0.2, 0) is 17.9 Å². The summed E-state index contributed by atoms with van der Waals surface area (Å²) in [6, 6.07) is 10.3. The monoisotopic (exact) mass is 341 g/mol. The fourth-order valence-electron chi connectivity index (χ4n) is 3.47. The molecular weight excluding hydrogens is 314 g/mol. The van der Waals surface area contributed by atoms with Gasteiger partial charge in [-0.1, -0.05) is 36.8 Å². The number of carbonyl (C=O) groups is 1. The van der Waals surface area contributed by atoms with E-state index in [1.165, 1.54) is 5.56 Å². The van der Waals surface area contributed by atoms with Gasteiger partial charge in [0.15, 0.2) is 0 Å². The smallest absolute Gasteiger partial charge is 0.237 e. The third-order valence-electron chi connectivity index (χ3n) is 4.73. The fraction of sp³-hybridized carbons (Fsp3) is 0.526. The summed E-state index contributed by atoms with van der Waals surface area (Å²) in [5.74, 6) is 1.78. The second-order valence-corrected chi connectivity index (χ2v) is 6.69. The SMILES string of the molecule is Cc1nc(C)n(CCNC(=O)[C@H]2CCCCN2Cc2ccccc2)n1. The van der Waals surface area contributed by atoms with E-state index in [9.17, 15) is 4.79 Å². The summed E-state index contributed by atoms with van der Waals surface area (Å²) in [7, 11) is 0. The maximum absolute atomic E-state index is 12.7. The molecule has 1 aromatic heterocycles. The molecule has 0 aliphatic carbocycles. The molecule has 0 unspecified atom stereocenters. The van der Waals surface area contributed by atoms with Crippen LogP contribution in [0.3, 0.4) is 0 Å². The number of hydrogen-bond donors (Lipinski definition) is 1. The Kier molecular flexibility index (Phi) is 5.81. The van der Waals surface area contributed by atoms with E-state index in [1.54, 1.807) is 0 Å². The molecule has 1 aliphatic rings. The van der Waals surface area contributed by atoms with Crippen LogP contribution < -0.4 is 5.32 Å². The van der Waals surface area contributed by atoms with Crippen LogP contribution in [0, 0.1) is 13.8 Å². The highest BCUT2D eigenvalue weighted by Crippen LogP contribution is 2.19. The highest BCUT2D eigenvalue weighted by Gasteiger charge is 2.28. The highest BCUT2D eigenvalue weighted by atomic mass is 16.2. The molecule has 0 saturated carbocycles. The van der Waals surface area contributed by atoms with Gasteiger partial charge in [-0.2, -0.15) is 5.10 Å². The Balaban J connectivity index is 1.54. The lowest BCUT2D eigenvalue weighted by atomic mass is 10.0. The molecule has 1 saturated heterocycles. The van der Waals surface area contributed by atoms with Crippen LogP contribution in [0.4, 0.5) is 0 Å². The molecule has 134 valence electrons. The first-order valence-electron chi connectivity index (χ1n) is 9.07. The number of nitrogens with one attached hydrogen (secondary N) is 1. The largest absolute Gasteiger partial charge is 0.353 e. The Morgan fingerprint density at radius 2 is 2.04 bits per heavy atom. The van der Waals surface area contributed by atoms with Crippen LogP contribution in [0.2, 0.25) is 0 Å². The summed E-state index contributed by atoms with van der Waals surface area (Å²) in [5.41, 5.74) is 1.26. The van der Waals surface area contributed by atoms with E-state index in [4.69, 9.17) is 0 Å². The van der Waals surface area contributed by atoms with Crippen molar-refractivity contribution in [1.29, 1.82) is 0 Å². The van der Waals surface area contributed by atoms with Crippen molar-refractivity contribution in [1.82, 2.24) is 25.0 Å². The number of amides is 1. The van der Waals surface area contributed by atoms with Gasteiger partial charge >= 0.3 is 0 Å². The van der Waals surface area contributed by atoms with Crippen LogP contribution in [0.15, 0.2) is 30.3 Å². The van der Waals surface area contributed by atoms with Crippen LogP contribution in [0.25, 0.3) is 0 Å². The Morgan fingerprint density at radius 1 is 1.24 bits per heavy atom. The van der Waals surface area contributed by atoms with Gasteiger partial charge in [-0.3, -0.25) is 9.69 Å². The molecule has 1 N–H and O–H groups in total. The summed E-state index contributed by atoms with van der Waals surface area (Å²) in [6.07, 6.45) is 3.21. The Morgan fingerprint density at radius 3 is 2.76 bits per heavy atom. The molecule has 1 amide bonds. The molecule has 1 aliphatic heterocycles. The zero-order valence-corrected chi connectivity index (χ0v) is 15.1. The number of hydrogen-bond acceptors (Lipinski definition) is 4. The van der Waals surface area contributed by atoms with E-state index in [2.05, 4.69) is 44.6 Å². The van der Waals surface area contributed by atoms with Crippen molar-refractivity contribution in [2.45, 2.75) is 52.2 Å². The average Bonchev–Trinajstić information content (AvgIpc) is 2.93. The number of nitrogens with zero attached hydrogens (tertiary/aromatic N) is 4. The van der Waals surface area contributed by atoms with E-state index in [0.717, 1.165) is 44.0 Å². The predicted octanol–water partition coefficient (Wildman–Crippen LogP) is 2.07. The van der Waals surface area contributed by atoms with Gasteiger partial charge in [0.05, 0.1) is 12.6 Å². The van der Waals surface area contributed by atoms with E-state index in [0.29, 0.717) is 13.1 Å². The lowest BCUT2D eigenvalue weighted by molar-refractivity contribution is -0.127. The van der Waals surface area contributed by atoms with Crippen LogP contribution in [0.5, 0.6) is 0 Å². The molecule has 2 aromatic rings. The highest BCUT2D eigenvalue weighted by molar-refractivity contribution is 5.81. The molecule has 0 spiro atoms. The van der Waals surface area contributed by atoms with E-state index in [1.807, 2.05) is 24.6 Å². The van der Waals surface area contributed by atoms with Crippen molar-refractivity contribution >= 4 is 5.91 Å². The minimum atomic E-state index is -0.0347. The molecule has 2 heterocycles. The van der Waals surface area contributed by atoms with Crippen molar-refractivity contribution in [2.75, 3.05) is 13.1 Å². The second-order valence-electron chi connectivity index (χ2n) is 6.69. The van der Waals surface area contributed by atoms with Crippen LogP contribution >= 0.6 is 0 Å². The maximum atomic E-state index is 12.7. The molecule has 0 bridgehead atoms.